The Kier molecular flexibility index (Phi) is 5.13. The van der Waals surface area contributed by atoms with Crippen LogP contribution in [-0.4, -0.2) is 9.97 Å². The number of aromatic nitrogens is 2. The molecule has 0 bridgehead atoms. The molecule has 0 aliphatic carbocycles. The second-order valence-corrected chi connectivity index (χ2v) is 6.91. The first-order chi connectivity index (χ1) is 11.6. The minimum atomic E-state index is 1.08. The van der Waals surface area contributed by atoms with E-state index in [1.807, 2.05) is 0 Å². The summed E-state index contributed by atoms with van der Waals surface area (Å²) in [6, 6.07) is 9.03. The van der Waals surface area contributed by atoms with Crippen molar-refractivity contribution in [3.05, 3.63) is 46.8 Å². The first-order valence-electron chi connectivity index (χ1n) is 9.33. The number of pyridine rings is 2. The van der Waals surface area contributed by atoms with Gasteiger partial charge in [0.2, 0.25) is 0 Å². The highest BCUT2D eigenvalue weighted by molar-refractivity contribution is 6.05. The van der Waals surface area contributed by atoms with Crippen LogP contribution in [0.1, 0.15) is 62.0 Å². The average Bonchev–Trinajstić information content (AvgIpc) is 2.57. The molecule has 0 saturated carbocycles. The highest BCUT2D eigenvalue weighted by Crippen LogP contribution is 2.29. The van der Waals surface area contributed by atoms with Crippen molar-refractivity contribution in [3.63, 3.8) is 0 Å². The van der Waals surface area contributed by atoms with Gasteiger partial charge in [0.1, 0.15) is 0 Å². The molecule has 2 heteroatoms. The zero-order valence-corrected chi connectivity index (χ0v) is 15.4. The molecule has 0 radical (unpaired) electrons. The van der Waals surface area contributed by atoms with Crippen molar-refractivity contribution in [1.29, 1.82) is 0 Å². The Labute approximate surface area is 145 Å². The van der Waals surface area contributed by atoms with Crippen LogP contribution in [0, 0.1) is 13.8 Å². The smallest absolute Gasteiger partial charge is 0.0970 e. The maximum atomic E-state index is 4.87. The summed E-state index contributed by atoms with van der Waals surface area (Å²) in [6.45, 7) is 8.69. The summed E-state index contributed by atoms with van der Waals surface area (Å²) < 4.78 is 0. The lowest BCUT2D eigenvalue weighted by molar-refractivity contribution is 0.797. The van der Waals surface area contributed by atoms with Crippen molar-refractivity contribution in [1.82, 2.24) is 9.97 Å². The molecule has 0 N–H and O–H groups in total. The normalized spacial score (nSPS) is 11.5. The number of fused-ring (bicyclic) bond motifs is 3. The standard InChI is InChI=1S/C22H28N2/c1-5-7-9-17-13-15(3)23-21-19(17)11-12-20-18(10-8-6-2)14-16(4)24-22(20)21/h11-14H,5-10H2,1-4H3. The van der Waals surface area contributed by atoms with Crippen LogP contribution in [0.4, 0.5) is 0 Å². The minimum absolute atomic E-state index is 1.08. The van der Waals surface area contributed by atoms with Crippen LogP contribution in [0.15, 0.2) is 24.3 Å². The molecule has 1 aromatic carbocycles. The summed E-state index contributed by atoms with van der Waals surface area (Å²) in [5.74, 6) is 0. The summed E-state index contributed by atoms with van der Waals surface area (Å²) in [6.07, 6.45) is 7.12. The van der Waals surface area contributed by atoms with Crippen LogP contribution in [0.2, 0.25) is 0 Å². The topological polar surface area (TPSA) is 25.8 Å². The van der Waals surface area contributed by atoms with Gasteiger partial charge in [-0.25, -0.2) is 0 Å². The SMILES string of the molecule is CCCCc1cc(C)nc2c1ccc1c(CCCC)cc(C)nc12. The van der Waals surface area contributed by atoms with E-state index in [0.717, 1.165) is 35.3 Å². The Morgan fingerprint density at radius 3 is 1.50 bits per heavy atom. The van der Waals surface area contributed by atoms with Gasteiger partial charge in [0.25, 0.3) is 0 Å². The molecule has 0 fully saturated rings. The summed E-state index contributed by atoms with van der Waals surface area (Å²) in [5, 5.41) is 2.56. The van der Waals surface area contributed by atoms with E-state index in [1.54, 1.807) is 0 Å². The fourth-order valence-corrected chi connectivity index (χ4v) is 3.55. The van der Waals surface area contributed by atoms with Gasteiger partial charge in [-0.2, -0.15) is 0 Å². The molecule has 126 valence electrons. The van der Waals surface area contributed by atoms with Crippen LogP contribution < -0.4 is 0 Å². The van der Waals surface area contributed by atoms with E-state index >= 15 is 0 Å². The molecule has 0 aliphatic rings. The van der Waals surface area contributed by atoms with E-state index in [1.165, 1.54) is 47.6 Å². The highest BCUT2D eigenvalue weighted by Gasteiger charge is 2.12. The van der Waals surface area contributed by atoms with Crippen molar-refractivity contribution < 1.29 is 0 Å². The van der Waals surface area contributed by atoms with Gasteiger partial charge in [-0.15, -0.1) is 0 Å². The van der Waals surface area contributed by atoms with Gasteiger partial charge in [-0.3, -0.25) is 9.97 Å². The van der Waals surface area contributed by atoms with E-state index in [-0.39, 0.29) is 0 Å². The van der Waals surface area contributed by atoms with Crippen molar-refractivity contribution in [2.24, 2.45) is 0 Å². The quantitative estimate of drug-likeness (QED) is 0.514. The molecule has 3 aromatic rings. The molecular weight excluding hydrogens is 292 g/mol. The maximum Gasteiger partial charge on any atom is 0.0970 e. The van der Waals surface area contributed by atoms with Gasteiger partial charge in [-0.05, 0) is 62.8 Å². The number of hydrogen-bond donors (Lipinski definition) is 0. The molecule has 0 aliphatic heterocycles. The van der Waals surface area contributed by atoms with E-state index in [9.17, 15) is 0 Å². The molecule has 0 spiro atoms. The number of nitrogens with zero attached hydrogens (tertiary/aromatic N) is 2. The summed E-state index contributed by atoms with van der Waals surface area (Å²) >= 11 is 0. The Hall–Kier alpha value is -1.96. The maximum absolute atomic E-state index is 4.87. The van der Waals surface area contributed by atoms with Gasteiger partial charge in [0.05, 0.1) is 11.0 Å². The number of unbranched alkanes of at least 4 members (excludes halogenated alkanes) is 2. The molecule has 0 atom stereocenters. The second kappa shape index (κ2) is 7.29. The molecule has 2 heterocycles. The average molecular weight is 320 g/mol. The zero-order chi connectivity index (χ0) is 17.1. The molecule has 0 amide bonds. The lowest BCUT2D eigenvalue weighted by Crippen LogP contribution is -1.98. The lowest BCUT2D eigenvalue weighted by Gasteiger charge is -2.13. The second-order valence-electron chi connectivity index (χ2n) is 6.91. The summed E-state index contributed by atoms with van der Waals surface area (Å²) in [7, 11) is 0. The van der Waals surface area contributed by atoms with E-state index < -0.39 is 0 Å². The van der Waals surface area contributed by atoms with Crippen LogP contribution in [-0.2, 0) is 12.8 Å². The van der Waals surface area contributed by atoms with Crippen molar-refractivity contribution >= 4 is 21.8 Å². The first-order valence-corrected chi connectivity index (χ1v) is 9.33. The van der Waals surface area contributed by atoms with Crippen LogP contribution in [0.5, 0.6) is 0 Å². The van der Waals surface area contributed by atoms with Gasteiger partial charge < -0.3 is 0 Å². The van der Waals surface area contributed by atoms with Crippen LogP contribution >= 0.6 is 0 Å². The largest absolute Gasteiger partial charge is 0.251 e. The van der Waals surface area contributed by atoms with Crippen LogP contribution in [0.25, 0.3) is 21.8 Å². The fourth-order valence-electron chi connectivity index (χ4n) is 3.55. The monoisotopic (exact) mass is 320 g/mol. The third kappa shape index (κ3) is 3.28. The van der Waals surface area contributed by atoms with Gasteiger partial charge in [0, 0.05) is 22.2 Å². The minimum Gasteiger partial charge on any atom is -0.251 e. The number of rotatable bonds is 6. The third-order valence-corrected chi connectivity index (χ3v) is 4.79. The van der Waals surface area contributed by atoms with E-state index in [4.69, 9.17) is 9.97 Å². The molecule has 24 heavy (non-hydrogen) atoms. The first kappa shape index (κ1) is 16.9. The molecule has 3 rings (SSSR count). The molecule has 0 saturated heterocycles. The zero-order valence-electron chi connectivity index (χ0n) is 15.4. The molecule has 2 nitrogen and oxygen atoms in total. The van der Waals surface area contributed by atoms with E-state index in [2.05, 4.69) is 52.0 Å². The van der Waals surface area contributed by atoms with Gasteiger partial charge in [-0.1, -0.05) is 38.8 Å². The predicted molar refractivity (Wildman–Crippen MR) is 104 cm³/mol. The lowest BCUT2D eigenvalue weighted by atomic mass is 9.97. The van der Waals surface area contributed by atoms with E-state index in [0.29, 0.717) is 0 Å². The third-order valence-electron chi connectivity index (χ3n) is 4.79. The Bertz CT molecular complexity index is 792. The Morgan fingerprint density at radius 1 is 0.708 bits per heavy atom. The fraction of sp³-hybridized carbons (Fsp3) is 0.455. The summed E-state index contributed by atoms with van der Waals surface area (Å²) in [4.78, 5) is 9.75. The van der Waals surface area contributed by atoms with Crippen molar-refractivity contribution in [2.75, 3.05) is 0 Å². The van der Waals surface area contributed by atoms with Gasteiger partial charge in [0.15, 0.2) is 0 Å². The van der Waals surface area contributed by atoms with Gasteiger partial charge >= 0.3 is 0 Å². The Balaban J connectivity index is 2.26. The van der Waals surface area contributed by atoms with Crippen molar-refractivity contribution in [2.45, 2.75) is 66.2 Å². The van der Waals surface area contributed by atoms with Crippen molar-refractivity contribution in [3.8, 4) is 0 Å². The predicted octanol–water partition coefficient (Wildman–Crippen LogP) is 6.09. The highest BCUT2D eigenvalue weighted by atomic mass is 14.8. The Morgan fingerprint density at radius 2 is 1.12 bits per heavy atom. The van der Waals surface area contributed by atoms with Crippen LogP contribution in [0.3, 0.4) is 0 Å². The molecule has 2 aromatic heterocycles. The number of hydrogen-bond acceptors (Lipinski definition) is 2. The molecule has 0 unspecified atom stereocenters. The summed E-state index contributed by atoms with van der Waals surface area (Å²) in [5.41, 5.74) is 7.19. The molecular formula is C22H28N2. The number of aryl methyl sites for hydroxylation is 4. The number of benzene rings is 1.